The predicted molar refractivity (Wildman–Crippen MR) is 94.5 cm³/mol. The maximum absolute atomic E-state index is 12.6. The predicted octanol–water partition coefficient (Wildman–Crippen LogP) is 3.33. The molecule has 0 saturated heterocycles. The molecule has 0 aliphatic heterocycles. The van der Waals surface area contributed by atoms with E-state index in [1.807, 2.05) is 44.2 Å². The Kier molecular flexibility index (Phi) is 4.51. The third-order valence-corrected chi connectivity index (χ3v) is 3.94. The molecule has 0 spiro atoms. The molecule has 1 aromatic heterocycles. The van der Waals surface area contributed by atoms with Crippen LogP contribution in [-0.4, -0.2) is 41.2 Å². The average molecular weight is 323 g/mol. The van der Waals surface area contributed by atoms with E-state index in [0.717, 1.165) is 16.7 Å². The van der Waals surface area contributed by atoms with E-state index in [-0.39, 0.29) is 5.91 Å². The van der Waals surface area contributed by atoms with Crippen LogP contribution < -0.4 is 4.74 Å². The first kappa shape index (κ1) is 16.1. The van der Waals surface area contributed by atoms with E-state index in [1.54, 1.807) is 18.1 Å². The van der Waals surface area contributed by atoms with Crippen molar-refractivity contribution in [2.75, 3.05) is 20.2 Å². The molecule has 5 heteroatoms. The summed E-state index contributed by atoms with van der Waals surface area (Å²) in [7, 11) is 1.78. The smallest absolute Gasteiger partial charge is 0.255 e. The number of likely N-dealkylation sites (N-methyl/N-ethyl adjacent to an activating group) is 1. The maximum atomic E-state index is 12.6. The summed E-state index contributed by atoms with van der Waals surface area (Å²) in [5, 5.41) is 7.82. The van der Waals surface area contributed by atoms with Gasteiger partial charge in [-0.3, -0.25) is 9.89 Å². The molecule has 2 aromatic carbocycles. The number of aryl methyl sites for hydroxylation is 2. The number of carbonyl (C=O) groups is 1. The van der Waals surface area contributed by atoms with Crippen molar-refractivity contribution in [2.45, 2.75) is 13.8 Å². The van der Waals surface area contributed by atoms with E-state index in [2.05, 4.69) is 16.3 Å². The molecule has 3 aromatic rings. The van der Waals surface area contributed by atoms with Crippen molar-refractivity contribution in [2.24, 2.45) is 0 Å². The summed E-state index contributed by atoms with van der Waals surface area (Å²) in [6.07, 6.45) is 1.72. The number of H-pyrrole nitrogens is 1. The van der Waals surface area contributed by atoms with Gasteiger partial charge in [-0.25, -0.2) is 0 Å². The Hall–Kier alpha value is -2.82. The standard InChI is InChI=1S/C19H21N3O2/c1-13-9-14(2)11-16(10-13)24-8-7-22(3)19(23)17-6-4-5-15-12-20-21-18(15)17/h4-6,9-12H,7-8H2,1-3H3,(H,20,21). The minimum atomic E-state index is -0.0473. The molecule has 0 bridgehead atoms. The van der Waals surface area contributed by atoms with E-state index in [4.69, 9.17) is 4.74 Å². The molecule has 1 amide bonds. The molecule has 5 nitrogen and oxygen atoms in total. The highest BCUT2D eigenvalue weighted by Gasteiger charge is 2.15. The van der Waals surface area contributed by atoms with Crippen LogP contribution in [0, 0.1) is 13.8 Å². The Morgan fingerprint density at radius 3 is 2.71 bits per heavy atom. The number of nitrogens with zero attached hydrogens (tertiary/aromatic N) is 2. The number of fused-ring (bicyclic) bond motifs is 1. The topological polar surface area (TPSA) is 58.2 Å². The summed E-state index contributed by atoms with van der Waals surface area (Å²) in [4.78, 5) is 14.3. The summed E-state index contributed by atoms with van der Waals surface area (Å²) < 4.78 is 5.78. The van der Waals surface area contributed by atoms with Crippen LogP contribution in [-0.2, 0) is 0 Å². The van der Waals surface area contributed by atoms with E-state index < -0.39 is 0 Å². The van der Waals surface area contributed by atoms with E-state index in [1.165, 1.54) is 11.1 Å². The number of aromatic nitrogens is 2. The van der Waals surface area contributed by atoms with Crippen molar-refractivity contribution >= 4 is 16.8 Å². The Morgan fingerprint density at radius 2 is 1.96 bits per heavy atom. The summed E-state index contributed by atoms with van der Waals surface area (Å²) in [6.45, 7) is 5.04. The molecule has 0 radical (unpaired) electrons. The molecule has 0 unspecified atom stereocenters. The third-order valence-electron chi connectivity index (χ3n) is 3.94. The molecular weight excluding hydrogens is 302 g/mol. The van der Waals surface area contributed by atoms with Crippen LogP contribution in [0.1, 0.15) is 21.5 Å². The van der Waals surface area contributed by atoms with E-state index in [9.17, 15) is 4.79 Å². The number of nitrogens with one attached hydrogen (secondary N) is 1. The minimum Gasteiger partial charge on any atom is -0.492 e. The number of rotatable bonds is 5. The number of para-hydroxylation sites is 1. The SMILES string of the molecule is Cc1cc(C)cc(OCCN(C)C(=O)c2cccc3cn[nH]c23)c1. The molecule has 1 heterocycles. The fourth-order valence-corrected chi connectivity index (χ4v) is 2.77. The Labute approximate surface area is 141 Å². The molecule has 3 rings (SSSR count). The number of hydrogen-bond donors (Lipinski definition) is 1. The third kappa shape index (κ3) is 3.40. The highest BCUT2D eigenvalue weighted by Crippen LogP contribution is 2.18. The molecule has 0 fully saturated rings. The number of ether oxygens (including phenoxy) is 1. The average Bonchev–Trinajstić information content (AvgIpc) is 3.01. The zero-order chi connectivity index (χ0) is 17.1. The summed E-state index contributed by atoms with van der Waals surface area (Å²) >= 11 is 0. The first-order valence-corrected chi connectivity index (χ1v) is 7.93. The lowest BCUT2D eigenvalue weighted by Gasteiger charge is -2.18. The van der Waals surface area contributed by atoms with Crippen molar-refractivity contribution < 1.29 is 9.53 Å². The van der Waals surface area contributed by atoms with Crippen molar-refractivity contribution in [1.29, 1.82) is 0 Å². The van der Waals surface area contributed by atoms with Crippen molar-refractivity contribution in [1.82, 2.24) is 15.1 Å². The quantitative estimate of drug-likeness (QED) is 0.783. The number of hydrogen-bond acceptors (Lipinski definition) is 3. The van der Waals surface area contributed by atoms with Crippen LogP contribution in [0.15, 0.2) is 42.6 Å². The van der Waals surface area contributed by atoms with Gasteiger partial charge in [-0.1, -0.05) is 18.2 Å². The zero-order valence-electron chi connectivity index (χ0n) is 14.2. The summed E-state index contributed by atoms with van der Waals surface area (Å²) in [6, 6.07) is 11.7. The maximum Gasteiger partial charge on any atom is 0.255 e. The summed E-state index contributed by atoms with van der Waals surface area (Å²) in [5.74, 6) is 0.790. The second-order valence-electron chi connectivity index (χ2n) is 6.04. The van der Waals surface area contributed by atoms with Gasteiger partial charge in [-0.15, -0.1) is 0 Å². The Morgan fingerprint density at radius 1 is 1.21 bits per heavy atom. The van der Waals surface area contributed by atoms with Crippen molar-refractivity contribution in [3.05, 3.63) is 59.3 Å². The first-order chi connectivity index (χ1) is 11.5. The van der Waals surface area contributed by atoms with Gasteiger partial charge < -0.3 is 9.64 Å². The van der Waals surface area contributed by atoms with Crippen molar-refractivity contribution in [3.63, 3.8) is 0 Å². The Bertz CT molecular complexity index is 850. The second kappa shape index (κ2) is 6.74. The molecule has 0 saturated carbocycles. The zero-order valence-corrected chi connectivity index (χ0v) is 14.2. The van der Waals surface area contributed by atoms with Crippen LogP contribution in [0.25, 0.3) is 10.9 Å². The van der Waals surface area contributed by atoms with Gasteiger partial charge in [0.25, 0.3) is 5.91 Å². The number of amides is 1. The van der Waals surface area contributed by atoms with Crippen molar-refractivity contribution in [3.8, 4) is 5.75 Å². The Balaban J connectivity index is 1.63. The highest BCUT2D eigenvalue weighted by molar-refractivity contribution is 6.05. The first-order valence-electron chi connectivity index (χ1n) is 7.93. The monoisotopic (exact) mass is 323 g/mol. The largest absolute Gasteiger partial charge is 0.492 e. The highest BCUT2D eigenvalue weighted by atomic mass is 16.5. The fraction of sp³-hybridized carbons (Fsp3) is 0.263. The van der Waals surface area contributed by atoms with Gasteiger partial charge in [0.1, 0.15) is 12.4 Å². The molecule has 1 N–H and O–H groups in total. The molecule has 24 heavy (non-hydrogen) atoms. The van der Waals surface area contributed by atoms with Crippen LogP contribution in [0.2, 0.25) is 0 Å². The molecule has 0 aliphatic carbocycles. The molecule has 124 valence electrons. The fourth-order valence-electron chi connectivity index (χ4n) is 2.77. The lowest BCUT2D eigenvalue weighted by atomic mass is 10.1. The van der Waals surface area contributed by atoms with Gasteiger partial charge in [0, 0.05) is 12.4 Å². The van der Waals surface area contributed by atoms with Gasteiger partial charge in [-0.05, 0) is 43.2 Å². The second-order valence-corrected chi connectivity index (χ2v) is 6.04. The minimum absolute atomic E-state index is 0.0473. The van der Waals surface area contributed by atoms with Gasteiger partial charge in [0.15, 0.2) is 0 Å². The molecular formula is C19H21N3O2. The van der Waals surface area contributed by atoms with Crippen LogP contribution in [0.4, 0.5) is 0 Å². The van der Waals surface area contributed by atoms with E-state index in [0.29, 0.717) is 18.7 Å². The number of carbonyl (C=O) groups excluding carboxylic acids is 1. The lowest BCUT2D eigenvalue weighted by molar-refractivity contribution is 0.0775. The van der Waals surface area contributed by atoms with E-state index >= 15 is 0 Å². The molecule has 0 aliphatic rings. The van der Waals surface area contributed by atoms with Gasteiger partial charge >= 0.3 is 0 Å². The van der Waals surface area contributed by atoms with Gasteiger partial charge in [0.05, 0.1) is 23.8 Å². The van der Waals surface area contributed by atoms with Crippen LogP contribution in [0.5, 0.6) is 5.75 Å². The van der Waals surface area contributed by atoms with Gasteiger partial charge in [-0.2, -0.15) is 5.10 Å². The number of aromatic amines is 1. The number of benzene rings is 2. The van der Waals surface area contributed by atoms with Crippen LogP contribution in [0.3, 0.4) is 0 Å². The van der Waals surface area contributed by atoms with Crippen LogP contribution >= 0.6 is 0 Å². The van der Waals surface area contributed by atoms with Gasteiger partial charge in [0.2, 0.25) is 0 Å². The molecule has 0 atom stereocenters. The summed E-state index contributed by atoms with van der Waals surface area (Å²) in [5.41, 5.74) is 3.73. The normalized spacial score (nSPS) is 10.8. The lowest BCUT2D eigenvalue weighted by Crippen LogP contribution is -2.31.